The second-order valence-electron chi connectivity index (χ2n) is 6.41. The quantitative estimate of drug-likeness (QED) is 0.527. The number of hydrogen-bond donors (Lipinski definition) is 1. The molecule has 0 saturated heterocycles. The zero-order chi connectivity index (χ0) is 19.9. The monoisotopic (exact) mass is 445 g/mol. The van der Waals surface area contributed by atoms with Crippen LogP contribution in [0.4, 0.5) is 5.95 Å². The van der Waals surface area contributed by atoms with Crippen molar-refractivity contribution in [1.82, 2.24) is 20.2 Å². The predicted molar refractivity (Wildman–Crippen MR) is 112 cm³/mol. The molecule has 7 nitrogen and oxygen atoms in total. The summed E-state index contributed by atoms with van der Waals surface area (Å²) in [7, 11) is 1.64. The standard InChI is InChI=1S/C20H24BrN5O2/c1-4-10-26-20(23-24-25-26)22-12-16-17(21)8-9-18(27-3)19(16)28-13-15-7-5-6-14(2)11-15/h5-9,11H,4,10,12-13H2,1-3H3,(H,22,23,25). The molecule has 3 aromatic rings. The van der Waals surface area contributed by atoms with E-state index in [9.17, 15) is 0 Å². The average molecular weight is 446 g/mol. The minimum atomic E-state index is 0.453. The Balaban J connectivity index is 1.82. The number of hydrogen-bond acceptors (Lipinski definition) is 6. The first-order valence-electron chi connectivity index (χ1n) is 9.16. The summed E-state index contributed by atoms with van der Waals surface area (Å²) < 4.78 is 14.4. The molecule has 0 unspecified atom stereocenters. The number of anilines is 1. The molecule has 1 N–H and O–H groups in total. The van der Waals surface area contributed by atoms with Crippen LogP contribution in [0.25, 0.3) is 0 Å². The van der Waals surface area contributed by atoms with Crippen molar-refractivity contribution in [2.45, 2.75) is 40.0 Å². The first kappa shape index (κ1) is 20.1. The van der Waals surface area contributed by atoms with Crippen LogP contribution < -0.4 is 14.8 Å². The Labute approximate surface area is 173 Å². The minimum Gasteiger partial charge on any atom is -0.493 e. The largest absolute Gasteiger partial charge is 0.493 e. The molecule has 0 saturated carbocycles. The Morgan fingerprint density at radius 2 is 2.07 bits per heavy atom. The van der Waals surface area contributed by atoms with E-state index >= 15 is 0 Å². The van der Waals surface area contributed by atoms with E-state index in [4.69, 9.17) is 9.47 Å². The molecule has 0 aliphatic rings. The van der Waals surface area contributed by atoms with Gasteiger partial charge in [0.1, 0.15) is 6.61 Å². The Hall–Kier alpha value is -2.61. The van der Waals surface area contributed by atoms with E-state index in [0.717, 1.165) is 28.6 Å². The lowest BCUT2D eigenvalue weighted by Crippen LogP contribution is -2.11. The summed E-state index contributed by atoms with van der Waals surface area (Å²) in [4.78, 5) is 0. The van der Waals surface area contributed by atoms with Gasteiger partial charge in [0.05, 0.1) is 7.11 Å². The molecule has 148 valence electrons. The number of aromatic nitrogens is 4. The molecule has 0 amide bonds. The number of ether oxygens (including phenoxy) is 2. The molecule has 0 atom stereocenters. The second kappa shape index (κ2) is 9.54. The van der Waals surface area contributed by atoms with Gasteiger partial charge in [-0.05, 0) is 41.5 Å². The number of methoxy groups -OCH3 is 1. The molecule has 0 spiro atoms. The Bertz CT molecular complexity index is 929. The molecular formula is C20H24BrN5O2. The summed E-state index contributed by atoms with van der Waals surface area (Å²) >= 11 is 3.63. The van der Waals surface area contributed by atoms with Gasteiger partial charge in [-0.25, -0.2) is 4.68 Å². The van der Waals surface area contributed by atoms with Crippen molar-refractivity contribution < 1.29 is 9.47 Å². The maximum Gasteiger partial charge on any atom is 0.243 e. The Morgan fingerprint density at radius 3 is 2.82 bits per heavy atom. The molecule has 2 aromatic carbocycles. The fourth-order valence-corrected chi connectivity index (χ4v) is 3.34. The molecule has 8 heteroatoms. The molecular weight excluding hydrogens is 422 g/mol. The maximum absolute atomic E-state index is 6.18. The predicted octanol–water partition coefficient (Wildman–Crippen LogP) is 4.35. The highest BCUT2D eigenvalue weighted by Crippen LogP contribution is 2.37. The van der Waals surface area contributed by atoms with Crippen molar-refractivity contribution in [2.75, 3.05) is 12.4 Å². The summed E-state index contributed by atoms with van der Waals surface area (Å²) in [6, 6.07) is 12.1. The SMILES string of the molecule is CCCn1nnnc1NCc1c(Br)ccc(OC)c1OCc1cccc(C)c1. The molecule has 3 rings (SSSR count). The summed E-state index contributed by atoms with van der Waals surface area (Å²) in [5.41, 5.74) is 3.25. The topological polar surface area (TPSA) is 74.1 Å². The highest BCUT2D eigenvalue weighted by molar-refractivity contribution is 9.10. The van der Waals surface area contributed by atoms with Crippen LogP contribution in [0.5, 0.6) is 11.5 Å². The molecule has 28 heavy (non-hydrogen) atoms. The number of nitrogens with one attached hydrogen (secondary N) is 1. The number of tetrazole rings is 1. The fourth-order valence-electron chi connectivity index (χ4n) is 2.88. The minimum absolute atomic E-state index is 0.453. The third-order valence-corrected chi connectivity index (χ3v) is 4.99. The van der Waals surface area contributed by atoms with Gasteiger partial charge in [0.2, 0.25) is 5.95 Å². The van der Waals surface area contributed by atoms with E-state index in [2.05, 4.69) is 62.8 Å². The number of nitrogens with zero attached hydrogens (tertiary/aromatic N) is 4. The van der Waals surface area contributed by atoms with Gasteiger partial charge < -0.3 is 14.8 Å². The Morgan fingerprint density at radius 1 is 1.21 bits per heavy atom. The van der Waals surface area contributed by atoms with Crippen LogP contribution >= 0.6 is 15.9 Å². The van der Waals surface area contributed by atoms with Crippen LogP contribution in [0.3, 0.4) is 0 Å². The van der Waals surface area contributed by atoms with Crippen molar-refractivity contribution in [3.05, 3.63) is 57.6 Å². The van der Waals surface area contributed by atoms with Gasteiger partial charge in [0.15, 0.2) is 11.5 Å². The highest BCUT2D eigenvalue weighted by atomic mass is 79.9. The molecule has 0 bridgehead atoms. The molecule has 1 aromatic heterocycles. The lowest BCUT2D eigenvalue weighted by molar-refractivity contribution is 0.281. The summed E-state index contributed by atoms with van der Waals surface area (Å²) in [5.74, 6) is 2.00. The molecule has 0 aliphatic carbocycles. The smallest absolute Gasteiger partial charge is 0.243 e. The average Bonchev–Trinajstić information content (AvgIpc) is 3.13. The lowest BCUT2D eigenvalue weighted by Gasteiger charge is -2.17. The van der Waals surface area contributed by atoms with Crippen LogP contribution in [0.1, 0.15) is 30.0 Å². The van der Waals surface area contributed by atoms with E-state index in [1.54, 1.807) is 11.8 Å². The number of halogens is 1. The van der Waals surface area contributed by atoms with Crippen molar-refractivity contribution in [3.63, 3.8) is 0 Å². The summed E-state index contributed by atoms with van der Waals surface area (Å²) in [5, 5.41) is 15.1. The van der Waals surface area contributed by atoms with Crippen LogP contribution in [0.15, 0.2) is 40.9 Å². The van der Waals surface area contributed by atoms with E-state index in [0.29, 0.717) is 30.6 Å². The van der Waals surface area contributed by atoms with Crippen LogP contribution in [-0.2, 0) is 19.7 Å². The zero-order valence-electron chi connectivity index (χ0n) is 16.3. The summed E-state index contributed by atoms with van der Waals surface area (Å²) in [6.07, 6.45) is 0.952. The van der Waals surface area contributed by atoms with Gasteiger partial charge in [-0.1, -0.05) is 57.8 Å². The number of benzene rings is 2. The second-order valence-corrected chi connectivity index (χ2v) is 7.27. The van der Waals surface area contributed by atoms with E-state index in [1.807, 2.05) is 24.3 Å². The lowest BCUT2D eigenvalue weighted by atomic mass is 10.1. The zero-order valence-corrected chi connectivity index (χ0v) is 17.9. The van der Waals surface area contributed by atoms with Crippen molar-refractivity contribution >= 4 is 21.9 Å². The maximum atomic E-state index is 6.18. The van der Waals surface area contributed by atoms with Gasteiger partial charge in [-0.15, -0.1) is 0 Å². The van der Waals surface area contributed by atoms with Crippen molar-refractivity contribution in [3.8, 4) is 11.5 Å². The van der Waals surface area contributed by atoms with Gasteiger partial charge in [-0.2, -0.15) is 0 Å². The number of aryl methyl sites for hydroxylation is 2. The van der Waals surface area contributed by atoms with Crippen molar-refractivity contribution in [1.29, 1.82) is 0 Å². The first-order chi connectivity index (χ1) is 13.6. The van der Waals surface area contributed by atoms with E-state index in [-0.39, 0.29) is 0 Å². The van der Waals surface area contributed by atoms with Crippen LogP contribution in [0.2, 0.25) is 0 Å². The van der Waals surface area contributed by atoms with Crippen LogP contribution in [0, 0.1) is 6.92 Å². The molecule has 0 aliphatic heterocycles. The number of rotatable bonds is 9. The van der Waals surface area contributed by atoms with Gasteiger partial charge in [0.25, 0.3) is 0 Å². The highest BCUT2D eigenvalue weighted by Gasteiger charge is 2.16. The molecule has 0 fully saturated rings. The fraction of sp³-hybridized carbons (Fsp3) is 0.350. The van der Waals surface area contributed by atoms with Crippen molar-refractivity contribution in [2.24, 2.45) is 0 Å². The Kier molecular flexibility index (Phi) is 6.86. The van der Waals surface area contributed by atoms with Gasteiger partial charge >= 0.3 is 0 Å². The van der Waals surface area contributed by atoms with E-state index in [1.165, 1.54) is 5.56 Å². The first-order valence-corrected chi connectivity index (χ1v) is 9.95. The van der Waals surface area contributed by atoms with Crippen LogP contribution in [-0.4, -0.2) is 27.3 Å². The van der Waals surface area contributed by atoms with Gasteiger partial charge in [-0.3, -0.25) is 0 Å². The molecule has 0 radical (unpaired) electrons. The normalized spacial score (nSPS) is 10.7. The van der Waals surface area contributed by atoms with E-state index < -0.39 is 0 Å². The van der Waals surface area contributed by atoms with Gasteiger partial charge in [0, 0.05) is 23.1 Å². The summed E-state index contributed by atoms with van der Waals surface area (Å²) in [6.45, 7) is 5.85. The molecule has 1 heterocycles. The third kappa shape index (κ3) is 4.81. The third-order valence-electron chi connectivity index (χ3n) is 4.24.